The first kappa shape index (κ1) is 26.0. The predicted molar refractivity (Wildman–Crippen MR) is 144 cm³/mol. The molecule has 178 valence electrons. The fourth-order valence-corrected chi connectivity index (χ4v) is 16.7. The molecule has 0 N–H and O–H groups in total. The first-order valence-electron chi connectivity index (χ1n) is 11.3. The van der Waals surface area contributed by atoms with Gasteiger partial charge in [0, 0.05) is 0 Å². The Morgan fingerprint density at radius 2 is 0.857 bits per heavy atom. The van der Waals surface area contributed by atoms with Crippen molar-refractivity contribution in [2.24, 2.45) is 0 Å². The third-order valence-corrected chi connectivity index (χ3v) is 18.9. The Morgan fingerprint density at radius 1 is 0.543 bits per heavy atom. The van der Waals surface area contributed by atoms with E-state index in [1.165, 1.54) is 12.2 Å². The molecule has 3 aromatic rings. The first-order chi connectivity index (χ1) is 17.1. The van der Waals surface area contributed by atoms with Crippen molar-refractivity contribution in [2.45, 2.75) is 13.8 Å². The van der Waals surface area contributed by atoms with Crippen LogP contribution in [0.1, 0.15) is 13.8 Å². The molecule has 0 aromatic heterocycles. The molecule has 0 radical (unpaired) electrons. The normalized spacial score (nSPS) is 13.3. The van der Waals surface area contributed by atoms with Gasteiger partial charge in [-0.2, -0.15) is 0 Å². The van der Waals surface area contributed by atoms with Gasteiger partial charge in [0.25, 0.3) is 0 Å². The van der Waals surface area contributed by atoms with Crippen molar-refractivity contribution >= 4 is 40.7 Å². The van der Waals surface area contributed by atoms with Crippen LogP contribution in [0.25, 0.3) is 0 Å². The second-order valence-corrected chi connectivity index (χ2v) is 18.5. The average molecular weight is 575 g/mol. The van der Waals surface area contributed by atoms with E-state index < -0.39 is 30.2 Å². The van der Waals surface area contributed by atoms with Crippen LogP contribution >= 0.6 is 0 Å². The van der Waals surface area contributed by atoms with E-state index in [0.717, 1.165) is 0 Å². The molecule has 4 nitrogen and oxygen atoms in total. The van der Waals surface area contributed by atoms with Crippen molar-refractivity contribution in [1.29, 1.82) is 0 Å². The van der Waals surface area contributed by atoms with Crippen molar-refractivity contribution in [1.82, 2.24) is 0 Å². The maximum atomic E-state index is 13.4. The summed E-state index contributed by atoms with van der Waals surface area (Å²) in [4.78, 5) is 26.8. The van der Waals surface area contributed by atoms with Crippen molar-refractivity contribution in [3.63, 3.8) is 0 Å². The van der Waals surface area contributed by atoms with Gasteiger partial charge in [0.15, 0.2) is 0 Å². The molecular formula is C30H29O4Sb. The monoisotopic (exact) mass is 574 g/mol. The summed E-state index contributed by atoms with van der Waals surface area (Å²) < 4.78 is 15.1. The molecule has 0 fully saturated rings. The summed E-state index contributed by atoms with van der Waals surface area (Å²) in [5.41, 5.74) is 0. The van der Waals surface area contributed by atoms with Crippen LogP contribution < -0.4 is 10.5 Å². The molecule has 0 heterocycles. The molecule has 0 atom stereocenters. The molecule has 0 bridgehead atoms. The van der Waals surface area contributed by atoms with Gasteiger partial charge in [-0.1, -0.05) is 0 Å². The minimum absolute atomic E-state index is 0.591. The zero-order valence-electron chi connectivity index (χ0n) is 19.9. The molecule has 0 saturated carbocycles. The summed E-state index contributed by atoms with van der Waals surface area (Å²) in [5, 5.41) is 0. The maximum absolute atomic E-state index is 13.4. The molecule has 0 spiro atoms. The van der Waals surface area contributed by atoms with Gasteiger partial charge in [0.1, 0.15) is 0 Å². The van der Waals surface area contributed by atoms with E-state index in [1.807, 2.05) is 117 Å². The summed E-state index contributed by atoms with van der Waals surface area (Å²) in [6.45, 7) is 3.72. The molecule has 3 aromatic carbocycles. The molecule has 0 aliphatic carbocycles. The van der Waals surface area contributed by atoms with E-state index >= 15 is 0 Å². The van der Waals surface area contributed by atoms with Crippen LogP contribution in [-0.4, -0.2) is 30.2 Å². The van der Waals surface area contributed by atoms with E-state index in [2.05, 4.69) is 0 Å². The summed E-state index contributed by atoms with van der Waals surface area (Å²) in [6.07, 6.45) is 13.0. The third kappa shape index (κ3) is 5.55. The Hall–Kier alpha value is -3.62. The van der Waals surface area contributed by atoms with Crippen molar-refractivity contribution in [3.8, 4) is 0 Å². The average Bonchev–Trinajstić information content (AvgIpc) is 2.90. The van der Waals surface area contributed by atoms with E-state index in [1.54, 1.807) is 24.3 Å². The standard InChI is InChI=1S/2C6H8O2.3C6H5.Sb/c2*1-2-3-4-5-6(7)8;3*1-2-4-6-5-3-1;/h2*2-5H,1H3,(H,7,8);3*1-5H;/q;;;;;+2/p-2. The molecule has 0 amide bonds. The van der Waals surface area contributed by atoms with Crippen LogP contribution in [0.5, 0.6) is 0 Å². The molecule has 0 saturated heterocycles. The Morgan fingerprint density at radius 3 is 1.14 bits per heavy atom. The first-order valence-corrected chi connectivity index (χ1v) is 17.2. The summed E-state index contributed by atoms with van der Waals surface area (Å²) in [7, 11) is 0. The second kappa shape index (κ2) is 12.2. The van der Waals surface area contributed by atoms with E-state index in [9.17, 15) is 9.59 Å². The Labute approximate surface area is 209 Å². The van der Waals surface area contributed by atoms with E-state index in [-0.39, 0.29) is 0 Å². The molecule has 0 aliphatic rings. The van der Waals surface area contributed by atoms with Crippen LogP contribution in [0.2, 0.25) is 0 Å². The van der Waals surface area contributed by atoms with Crippen molar-refractivity contribution in [2.75, 3.05) is 0 Å². The third-order valence-electron chi connectivity index (χ3n) is 5.28. The summed E-state index contributed by atoms with van der Waals surface area (Å²) in [6, 6.07) is 28.0. The zero-order valence-corrected chi connectivity index (χ0v) is 22.4. The summed E-state index contributed by atoms with van der Waals surface area (Å²) >= 11 is -5.76. The number of allylic oxidation sites excluding steroid dienone is 6. The Balaban J connectivity index is 2.44. The van der Waals surface area contributed by atoms with Gasteiger partial charge >= 0.3 is 210 Å². The van der Waals surface area contributed by atoms with E-state index in [4.69, 9.17) is 6.03 Å². The molecule has 35 heavy (non-hydrogen) atoms. The molecule has 3 rings (SSSR count). The topological polar surface area (TPSA) is 52.6 Å². The van der Waals surface area contributed by atoms with Crippen molar-refractivity contribution in [3.05, 3.63) is 140 Å². The molecule has 0 unspecified atom stereocenters. The molecule has 0 aliphatic heterocycles. The van der Waals surface area contributed by atoms with Crippen LogP contribution in [0, 0.1) is 0 Å². The predicted octanol–water partition coefficient (Wildman–Crippen LogP) is 4.46. The van der Waals surface area contributed by atoms with Gasteiger partial charge in [0.05, 0.1) is 0 Å². The number of carbonyl (C=O) groups is 2. The van der Waals surface area contributed by atoms with Gasteiger partial charge < -0.3 is 0 Å². The van der Waals surface area contributed by atoms with Crippen molar-refractivity contribution < 1.29 is 15.6 Å². The fourth-order valence-electron chi connectivity index (χ4n) is 3.77. The SMILES string of the molecule is CC=CC=CC(=O)[O][Sb]([O]C(=O)C=CC=CC)([c]1ccccc1)([c]1ccccc1)[c]1ccccc1. The molecular weight excluding hydrogens is 546 g/mol. The number of hydrogen-bond acceptors (Lipinski definition) is 4. The van der Waals surface area contributed by atoms with Crippen LogP contribution in [0.15, 0.2) is 140 Å². The Kier molecular flexibility index (Phi) is 9.05. The zero-order chi connectivity index (χ0) is 25.0. The summed E-state index contributed by atoms with van der Waals surface area (Å²) in [5.74, 6) is -1.18. The second-order valence-electron chi connectivity index (χ2n) is 7.55. The van der Waals surface area contributed by atoms with E-state index in [0.29, 0.717) is 10.5 Å². The van der Waals surface area contributed by atoms with Crippen LogP contribution in [0.4, 0.5) is 0 Å². The molecule has 5 heteroatoms. The number of carbonyl (C=O) groups excluding carboxylic acids is 2. The van der Waals surface area contributed by atoms with Gasteiger partial charge in [-0.05, 0) is 0 Å². The number of hydrogen-bond donors (Lipinski definition) is 0. The number of benzene rings is 3. The fraction of sp³-hybridized carbons (Fsp3) is 0.0667. The van der Waals surface area contributed by atoms with Gasteiger partial charge in [-0.15, -0.1) is 0 Å². The van der Waals surface area contributed by atoms with Gasteiger partial charge in [-0.3, -0.25) is 0 Å². The van der Waals surface area contributed by atoms with Gasteiger partial charge in [-0.25, -0.2) is 0 Å². The van der Waals surface area contributed by atoms with Crippen LogP contribution in [0.3, 0.4) is 0 Å². The quantitative estimate of drug-likeness (QED) is 0.215. The van der Waals surface area contributed by atoms with Crippen LogP contribution in [-0.2, 0) is 15.6 Å². The van der Waals surface area contributed by atoms with Gasteiger partial charge in [0.2, 0.25) is 0 Å². The Bertz CT molecular complexity index is 1100. The minimum atomic E-state index is -5.76. The number of rotatable bonds is 9.